The Morgan fingerprint density at radius 3 is 2.67 bits per heavy atom. The number of benzene rings is 1. The molecule has 0 aliphatic heterocycles. The van der Waals surface area contributed by atoms with Crippen LogP contribution in [0.25, 0.3) is 0 Å². The van der Waals surface area contributed by atoms with E-state index in [0.717, 1.165) is 13.2 Å². The van der Waals surface area contributed by atoms with E-state index in [4.69, 9.17) is 4.74 Å². The Bertz CT molecular complexity index is 223. The Balaban J connectivity index is 0.00000121. The van der Waals surface area contributed by atoms with Gasteiger partial charge in [-0.25, -0.2) is 0 Å². The van der Waals surface area contributed by atoms with Crippen LogP contribution < -0.4 is 0 Å². The van der Waals surface area contributed by atoms with Gasteiger partial charge in [0.25, 0.3) is 0 Å². The summed E-state index contributed by atoms with van der Waals surface area (Å²) in [7, 11) is 0. The van der Waals surface area contributed by atoms with Crippen LogP contribution in [0.15, 0.2) is 24.3 Å². The molecule has 0 aromatic heterocycles. The molecule has 0 saturated carbocycles. The molecule has 0 N–H and O–H groups in total. The molecule has 1 nitrogen and oxygen atoms in total. The average molecular weight is 170 g/mol. The van der Waals surface area contributed by atoms with Gasteiger partial charge in [-0.2, -0.15) is 0 Å². The number of halogens is 1. The smallest absolute Gasteiger partial charge is 0.0716 e. The quantitative estimate of drug-likeness (QED) is 0.677. The molecule has 1 aromatic rings. The third-order valence-electron chi connectivity index (χ3n) is 1.56. The zero-order valence-corrected chi connectivity index (χ0v) is 7.54. The highest BCUT2D eigenvalue weighted by Gasteiger charge is 1.90. The van der Waals surface area contributed by atoms with Crippen molar-refractivity contribution in [2.75, 3.05) is 6.61 Å². The number of rotatable bonds is 3. The molecule has 1 rings (SSSR count). The summed E-state index contributed by atoms with van der Waals surface area (Å²) in [5.74, 6) is 0. The molecule has 68 valence electrons. The van der Waals surface area contributed by atoms with Gasteiger partial charge in [0.1, 0.15) is 0 Å². The number of ether oxygens (including phenoxy) is 1. The Morgan fingerprint density at radius 2 is 2.08 bits per heavy atom. The van der Waals surface area contributed by atoms with Crippen LogP contribution in [-0.4, -0.2) is 6.61 Å². The number of hydrogen-bond acceptors (Lipinski definition) is 1. The zero-order chi connectivity index (χ0) is 8.10. The molecule has 0 spiro atoms. The Labute approximate surface area is 72.7 Å². The number of hydrogen-bond donors (Lipinski definition) is 0. The predicted molar refractivity (Wildman–Crippen MR) is 49.0 cm³/mol. The van der Waals surface area contributed by atoms with Gasteiger partial charge in [0.15, 0.2) is 0 Å². The summed E-state index contributed by atoms with van der Waals surface area (Å²) < 4.78 is 5.27. The highest BCUT2D eigenvalue weighted by molar-refractivity contribution is 5.21. The van der Waals surface area contributed by atoms with E-state index in [9.17, 15) is 0 Å². The summed E-state index contributed by atoms with van der Waals surface area (Å²) in [4.78, 5) is 0. The van der Waals surface area contributed by atoms with Gasteiger partial charge in [-0.1, -0.05) is 29.8 Å². The zero-order valence-electron chi connectivity index (χ0n) is 7.54. The fourth-order valence-electron chi connectivity index (χ4n) is 1.02. The molecule has 0 radical (unpaired) electrons. The van der Waals surface area contributed by atoms with Gasteiger partial charge >= 0.3 is 0 Å². The lowest BCUT2D eigenvalue weighted by Crippen LogP contribution is -1.91. The Kier molecular flexibility index (Phi) is 5.30. The van der Waals surface area contributed by atoms with Gasteiger partial charge in [-0.05, 0) is 19.4 Å². The largest absolute Gasteiger partial charge is 0.377 e. The summed E-state index contributed by atoms with van der Waals surface area (Å²) in [5, 5.41) is 0. The first-order chi connectivity index (χ1) is 5.33. The van der Waals surface area contributed by atoms with Crippen molar-refractivity contribution in [2.24, 2.45) is 0 Å². The molecular weight excluding hydrogens is 155 g/mol. The van der Waals surface area contributed by atoms with E-state index < -0.39 is 0 Å². The molecule has 0 bridgehead atoms. The Hall–Kier alpha value is -0.890. The molecule has 0 heterocycles. The molecule has 0 unspecified atom stereocenters. The normalized spacial score (nSPS) is 9.17. The van der Waals surface area contributed by atoms with Crippen LogP contribution in [-0.2, 0) is 11.3 Å². The molecule has 0 saturated heterocycles. The standard InChI is InChI=1S/C10H14O.FH/c1-3-11-8-10-6-4-5-9(2)7-10;/h4-7H,3,8H2,1-2H3;1H. The van der Waals surface area contributed by atoms with E-state index in [1.165, 1.54) is 11.1 Å². The summed E-state index contributed by atoms with van der Waals surface area (Å²) in [5.41, 5.74) is 2.55. The highest BCUT2D eigenvalue weighted by Crippen LogP contribution is 2.04. The fraction of sp³-hybridized carbons (Fsp3) is 0.400. The maximum atomic E-state index is 5.27. The van der Waals surface area contributed by atoms with Crippen LogP contribution in [0, 0.1) is 6.92 Å². The predicted octanol–water partition coefficient (Wildman–Crippen LogP) is 2.68. The van der Waals surface area contributed by atoms with Crippen LogP contribution in [0.1, 0.15) is 18.1 Å². The maximum absolute atomic E-state index is 5.27. The molecule has 1 aromatic carbocycles. The fourth-order valence-corrected chi connectivity index (χ4v) is 1.02. The van der Waals surface area contributed by atoms with E-state index in [1.54, 1.807) is 0 Å². The summed E-state index contributed by atoms with van der Waals surface area (Å²) in [6.07, 6.45) is 0. The van der Waals surface area contributed by atoms with Crippen molar-refractivity contribution in [1.82, 2.24) is 0 Å². The van der Waals surface area contributed by atoms with Gasteiger partial charge in [-0.15, -0.1) is 0 Å². The minimum absolute atomic E-state index is 0. The van der Waals surface area contributed by atoms with Crippen LogP contribution in [0.5, 0.6) is 0 Å². The topological polar surface area (TPSA) is 9.23 Å². The van der Waals surface area contributed by atoms with Crippen LogP contribution in [0.3, 0.4) is 0 Å². The molecule has 2 heteroatoms. The summed E-state index contributed by atoms with van der Waals surface area (Å²) >= 11 is 0. The Morgan fingerprint density at radius 1 is 1.33 bits per heavy atom. The minimum Gasteiger partial charge on any atom is -0.377 e. The minimum atomic E-state index is 0. The van der Waals surface area contributed by atoms with Crippen molar-refractivity contribution in [1.29, 1.82) is 0 Å². The van der Waals surface area contributed by atoms with Crippen LogP contribution in [0.2, 0.25) is 0 Å². The lowest BCUT2D eigenvalue weighted by molar-refractivity contribution is 0.134. The summed E-state index contributed by atoms with van der Waals surface area (Å²) in [6.45, 7) is 5.62. The first-order valence-corrected chi connectivity index (χ1v) is 3.96. The van der Waals surface area contributed by atoms with Crippen LogP contribution >= 0.6 is 0 Å². The first kappa shape index (κ1) is 11.1. The van der Waals surface area contributed by atoms with Crippen LogP contribution in [0.4, 0.5) is 4.70 Å². The third kappa shape index (κ3) is 3.49. The van der Waals surface area contributed by atoms with Gasteiger partial charge in [0.2, 0.25) is 0 Å². The third-order valence-corrected chi connectivity index (χ3v) is 1.56. The van der Waals surface area contributed by atoms with E-state index >= 15 is 0 Å². The monoisotopic (exact) mass is 170 g/mol. The molecule has 0 fully saturated rings. The maximum Gasteiger partial charge on any atom is 0.0716 e. The van der Waals surface area contributed by atoms with Crippen molar-refractivity contribution in [3.8, 4) is 0 Å². The molecule has 0 aliphatic carbocycles. The van der Waals surface area contributed by atoms with E-state index in [1.807, 2.05) is 6.92 Å². The highest BCUT2D eigenvalue weighted by atomic mass is 19.0. The van der Waals surface area contributed by atoms with Gasteiger partial charge < -0.3 is 4.74 Å². The first-order valence-electron chi connectivity index (χ1n) is 3.96. The van der Waals surface area contributed by atoms with E-state index in [-0.39, 0.29) is 4.70 Å². The second-order valence-electron chi connectivity index (χ2n) is 2.63. The van der Waals surface area contributed by atoms with Gasteiger partial charge in [0.05, 0.1) is 6.61 Å². The number of aryl methyl sites for hydroxylation is 1. The van der Waals surface area contributed by atoms with Gasteiger partial charge in [0, 0.05) is 6.61 Å². The van der Waals surface area contributed by atoms with Crippen molar-refractivity contribution >= 4 is 0 Å². The lowest BCUT2D eigenvalue weighted by Gasteiger charge is -2.01. The van der Waals surface area contributed by atoms with Gasteiger partial charge in [-0.3, -0.25) is 4.70 Å². The second kappa shape index (κ2) is 5.72. The van der Waals surface area contributed by atoms with Crippen molar-refractivity contribution < 1.29 is 9.44 Å². The van der Waals surface area contributed by atoms with Crippen molar-refractivity contribution in [2.45, 2.75) is 20.5 Å². The molecular formula is C10H15FO. The average Bonchev–Trinajstić information content (AvgIpc) is 2.01. The van der Waals surface area contributed by atoms with E-state index in [0.29, 0.717) is 0 Å². The van der Waals surface area contributed by atoms with E-state index in [2.05, 4.69) is 31.2 Å². The second-order valence-corrected chi connectivity index (χ2v) is 2.63. The molecule has 0 atom stereocenters. The summed E-state index contributed by atoms with van der Waals surface area (Å²) in [6, 6.07) is 8.39. The SMILES string of the molecule is CCOCc1cccc(C)c1.F. The molecule has 12 heavy (non-hydrogen) atoms. The molecule has 0 amide bonds. The van der Waals surface area contributed by atoms with Crippen molar-refractivity contribution in [3.63, 3.8) is 0 Å². The molecule has 0 aliphatic rings. The lowest BCUT2D eigenvalue weighted by atomic mass is 10.1. The van der Waals surface area contributed by atoms with Crippen molar-refractivity contribution in [3.05, 3.63) is 35.4 Å².